The zero-order valence-electron chi connectivity index (χ0n) is 17.4. The molecule has 6 nitrogen and oxygen atoms in total. The standard InChI is InChI=1S/C22H26ClN5OS/c1-16-25-26-22(28(16)14-17-9-5-4-6-10-17)30-15-21(29)24-13-20(27(2)3)18-11-7-8-12-19(18)23/h4-12,20H,13-15H2,1-3H3,(H,24,29). The third-order valence-electron chi connectivity index (χ3n) is 4.80. The quantitative estimate of drug-likeness (QED) is 0.509. The highest BCUT2D eigenvalue weighted by Crippen LogP contribution is 2.25. The second-order valence-corrected chi connectivity index (χ2v) is 8.54. The van der Waals surface area contributed by atoms with Gasteiger partial charge in [0.05, 0.1) is 18.3 Å². The average molecular weight is 444 g/mol. The summed E-state index contributed by atoms with van der Waals surface area (Å²) >= 11 is 7.74. The Labute approximate surface area is 186 Å². The third-order valence-corrected chi connectivity index (χ3v) is 6.11. The van der Waals surface area contributed by atoms with E-state index >= 15 is 0 Å². The van der Waals surface area contributed by atoms with Crippen LogP contribution in [0.2, 0.25) is 5.02 Å². The van der Waals surface area contributed by atoms with Crippen molar-refractivity contribution in [3.8, 4) is 0 Å². The van der Waals surface area contributed by atoms with Gasteiger partial charge in [0.2, 0.25) is 5.91 Å². The van der Waals surface area contributed by atoms with Crippen molar-refractivity contribution in [1.29, 1.82) is 0 Å². The minimum atomic E-state index is -0.0502. The molecule has 1 atom stereocenters. The first kappa shape index (κ1) is 22.3. The zero-order valence-corrected chi connectivity index (χ0v) is 19.0. The van der Waals surface area contributed by atoms with Crippen LogP contribution in [0, 0.1) is 6.92 Å². The summed E-state index contributed by atoms with van der Waals surface area (Å²) in [4.78, 5) is 14.5. The van der Waals surface area contributed by atoms with E-state index in [1.54, 1.807) is 0 Å². The fourth-order valence-electron chi connectivity index (χ4n) is 3.12. The monoisotopic (exact) mass is 443 g/mol. The minimum Gasteiger partial charge on any atom is -0.353 e. The van der Waals surface area contributed by atoms with Crippen LogP contribution in [0.25, 0.3) is 0 Å². The summed E-state index contributed by atoms with van der Waals surface area (Å²) in [6.07, 6.45) is 0. The number of rotatable bonds is 9. The second kappa shape index (κ2) is 10.6. The number of likely N-dealkylation sites (N-methyl/N-ethyl adjacent to an activating group) is 1. The highest BCUT2D eigenvalue weighted by Gasteiger charge is 2.18. The first-order valence-corrected chi connectivity index (χ1v) is 11.1. The number of amides is 1. The molecule has 3 rings (SSSR count). The molecule has 0 saturated carbocycles. The number of thioether (sulfide) groups is 1. The molecule has 1 unspecified atom stereocenters. The van der Waals surface area contributed by atoms with Crippen LogP contribution >= 0.6 is 23.4 Å². The van der Waals surface area contributed by atoms with Crippen LogP contribution in [0.15, 0.2) is 59.8 Å². The molecule has 3 aromatic rings. The lowest BCUT2D eigenvalue weighted by molar-refractivity contribution is -0.118. The van der Waals surface area contributed by atoms with Crippen LogP contribution < -0.4 is 5.32 Å². The molecule has 158 valence electrons. The predicted octanol–water partition coefficient (Wildman–Crippen LogP) is 3.80. The average Bonchev–Trinajstić information content (AvgIpc) is 3.08. The van der Waals surface area contributed by atoms with Gasteiger partial charge in [0.1, 0.15) is 5.82 Å². The Kier molecular flexibility index (Phi) is 7.90. The number of nitrogens with zero attached hydrogens (tertiary/aromatic N) is 4. The van der Waals surface area contributed by atoms with E-state index < -0.39 is 0 Å². The number of benzene rings is 2. The Morgan fingerprint density at radius 2 is 1.83 bits per heavy atom. The van der Waals surface area contributed by atoms with E-state index in [9.17, 15) is 4.79 Å². The second-order valence-electron chi connectivity index (χ2n) is 7.20. The van der Waals surface area contributed by atoms with Crippen molar-refractivity contribution >= 4 is 29.3 Å². The lowest BCUT2D eigenvalue weighted by Crippen LogP contribution is -2.35. The molecule has 0 radical (unpaired) electrons. The van der Waals surface area contributed by atoms with Gasteiger partial charge in [-0.3, -0.25) is 4.79 Å². The topological polar surface area (TPSA) is 63.1 Å². The molecule has 1 heterocycles. The number of aryl methyl sites for hydroxylation is 1. The summed E-state index contributed by atoms with van der Waals surface area (Å²) in [5.41, 5.74) is 2.16. The van der Waals surface area contributed by atoms with Gasteiger partial charge in [-0.1, -0.05) is 71.9 Å². The fraction of sp³-hybridized carbons (Fsp3) is 0.318. The highest BCUT2D eigenvalue weighted by atomic mass is 35.5. The van der Waals surface area contributed by atoms with E-state index in [0.29, 0.717) is 18.1 Å². The first-order valence-electron chi connectivity index (χ1n) is 9.69. The predicted molar refractivity (Wildman–Crippen MR) is 122 cm³/mol. The summed E-state index contributed by atoms with van der Waals surface area (Å²) in [5.74, 6) is 1.05. The van der Waals surface area contributed by atoms with Crippen LogP contribution in [0.3, 0.4) is 0 Å². The van der Waals surface area contributed by atoms with E-state index in [2.05, 4.69) is 32.5 Å². The van der Waals surface area contributed by atoms with Crippen LogP contribution in [0.5, 0.6) is 0 Å². The maximum Gasteiger partial charge on any atom is 0.230 e. The molecule has 8 heteroatoms. The highest BCUT2D eigenvalue weighted by molar-refractivity contribution is 7.99. The smallest absolute Gasteiger partial charge is 0.230 e. The molecular weight excluding hydrogens is 418 g/mol. The van der Waals surface area contributed by atoms with E-state index in [1.807, 2.05) is 68.1 Å². The number of hydrogen-bond acceptors (Lipinski definition) is 5. The summed E-state index contributed by atoms with van der Waals surface area (Å²) in [5, 5.41) is 12.9. The summed E-state index contributed by atoms with van der Waals surface area (Å²) in [7, 11) is 3.95. The number of nitrogens with one attached hydrogen (secondary N) is 1. The Bertz CT molecular complexity index is 977. The maximum absolute atomic E-state index is 12.5. The molecule has 0 aliphatic heterocycles. The molecule has 0 spiro atoms. The number of aromatic nitrogens is 3. The van der Waals surface area contributed by atoms with Crippen molar-refractivity contribution in [3.05, 3.63) is 76.6 Å². The van der Waals surface area contributed by atoms with Crippen molar-refractivity contribution in [2.24, 2.45) is 0 Å². The largest absolute Gasteiger partial charge is 0.353 e. The van der Waals surface area contributed by atoms with E-state index in [0.717, 1.165) is 16.5 Å². The summed E-state index contributed by atoms with van der Waals surface area (Å²) < 4.78 is 2.03. The Morgan fingerprint density at radius 3 is 2.53 bits per heavy atom. The maximum atomic E-state index is 12.5. The SMILES string of the molecule is Cc1nnc(SCC(=O)NCC(c2ccccc2Cl)N(C)C)n1Cc1ccccc1. The zero-order chi connectivity index (χ0) is 21.5. The van der Waals surface area contributed by atoms with Crippen LogP contribution in [0.4, 0.5) is 0 Å². The summed E-state index contributed by atoms with van der Waals surface area (Å²) in [6.45, 7) is 3.08. The molecule has 0 bridgehead atoms. The molecule has 1 N–H and O–H groups in total. The van der Waals surface area contributed by atoms with Gasteiger partial charge in [-0.25, -0.2) is 0 Å². The molecule has 0 aliphatic rings. The van der Waals surface area contributed by atoms with Crippen LogP contribution in [-0.2, 0) is 11.3 Å². The van der Waals surface area contributed by atoms with Crippen molar-refractivity contribution in [3.63, 3.8) is 0 Å². The Hall–Kier alpha value is -2.35. The molecule has 0 aliphatic carbocycles. The Balaban J connectivity index is 1.58. The number of carbonyl (C=O) groups excluding carboxylic acids is 1. The van der Waals surface area contributed by atoms with Gasteiger partial charge in [-0.15, -0.1) is 10.2 Å². The fourth-order valence-corrected chi connectivity index (χ4v) is 4.20. The molecule has 30 heavy (non-hydrogen) atoms. The molecule has 1 amide bonds. The lowest BCUT2D eigenvalue weighted by Gasteiger charge is -2.26. The van der Waals surface area contributed by atoms with Gasteiger partial charge in [0, 0.05) is 11.6 Å². The molecule has 1 aromatic heterocycles. The van der Waals surface area contributed by atoms with Gasteiger partial charge in [0.25, 0.3) is 0 Å². The van der Waals surface area contributed by atoms with Crippen molar-refractivity contribution in [2.75, 3.05) is 26.4 Å². The van der Waals surface area contributed by atoms with Gasteiger partial charge in [-0.05, 0) is 38.2 Å². The molecule has 0 fully saturated rings. The first-order chi connectivity index (χ1) is 14.5. The number of hydrogen-bond donors (Lipinski definition) is 1. The molecular formula is C22H26ClN5OS. The van der Waals surface area contributed by atoms with Crippen LogP contribution in [0.1, 0.15) is 23.0 Å². The molecule has 0 saturated heterocycles. The van der Waals surface area contributed by atoms with E-state index in [1.165, 1.54) is 17.3 Å². The van der Waals surface area contributed by atoms with Gasteiger partial charge < -0.3 is 14.8 Å². The minimum absolute atomic E-state index is 0.00312. The van der Waals surface area contributed by atoms with Crippen LogP contribution in [-0.4, -0.2) is 52.0 Å². The van der Waals surface area contributed by atoms with Crippen molar-refractivity contribution in [2.45, 2.75) is 24.7 Å². The molecule has 2 aromatic carbocycles. The summed E-state index contributed by atoms with van der Waals surface area (Å²) in [6, 6.07) is 17.9. The Morgan fingerprint density at radius 1 is 1.13 bits per heavy atom. The van der Waals surface area contributed by atoms with Gasteiger partial charge in [0.15, 0.2) is 5.16 Å². The van der Waals surface area contributed by atoms with E-state index in [-0.39, 0.29) is 17.7 Å². The number of halogens is 1. The lowest BCUT2D eigenvalue weighted by atomic mass is 10.1. The number of carbonyl (C=O) groups is 1. The van der Waals surface area contributed by atoms with Gasteiger partial charge >= 0.3 is 0 Å². The van der Waals surface area contributed by atoms with E-state index in [4.69, 9.17) is 11.6 Å². The third kappa shape index (κ3) is 5.84. The van der Waals surface area contributed by atoms with Gasteiger partial charge in [-0.2, -0.15) is 0 Å². The van der Waals surface area contributed by atoms with Crippen molar-refractivity contribution < 1.29 is 4.79 Å². The van der Waals surface area contributed by atoms with Crippen molar-refractivity contribution in [1.82, 2.24) is 25.0 Å². The normalized spacial score (nSPS) is 12.2.